The van der Waals surface area contributed by atoms with Crippen LogP contribution in [0.15, 0.2) is 534 Å². The van der Waals surface area contributed by atoms with Crippen molar-refractivity contribution in [2.75, 3.05) is 0 Å². The number of aromatic nitrogens is 10. The molecule has 0 aliphatic carbocycles. The van der Waals surface area contributed by atoms with Crippen LogP contribution in [0, 0.1) is 0 Å². The Balaban J connectivity index is 0.000000107. The van der Waals surface area contributed by atoms with Crippen LogP contribution in [0.3, 0.4) is 0 Å². The summed E-state index contributed by atoms with van der Waals surface area (Å²) in [5.74, 6) is 0. The van der Waals surface area contributed by atoms with Gasteiger partial charge in [0.25, 0.3) is 0 Å². The fraction of sp³-hybridized carbons (Fsp3) is 0. The van der Waals surface area contributed by atoms with Crippen LogP contribution in [0.1, 0.15) is 0 Å². The summed E-state index contributed by atoms with van der Waals surface area (Å²) in [7, 11) is 0. The van der Waals surface area contributed by atoms with Crippen molar-refractivity contribution in [3.8, 4) is 73.7 Å². The second-order valence-electron chi connectivity index (χ2n) is 38.4. The van der Waals surface area contributed by atoms with E-state index in [4.69, 9.17) is 4.98 Å². The Labute approximate surface area is 843 Å². The van der Waals surface area contributed by atoms with Crippen LogP contribution in [-0.4, -0.2) is 46.1 Å². The molecule has 32 rings (SSSR count). The minimum absolute atomic E-state index is 0.971. The Kier molecular flexibility index (Phi) is 18.9. The van der Waals surface area contributed by atoms with Crippen LogP contribution in [0.2, 0.25) is 0 Å². The largest absolute Gasteiger partial charge is 0.309 e. The molecule has 147 heavy (non-hydrogen) atoms. The molecule has 10 nitrogen and oxygen atoms in total. The standard InChI is InChI=1S/2C54H34N4.C29H20N2/c1-4-16-35(17-5-1)55-49-30-28-38(32-45(49)53-50(55)31-29-42-39-22-10-15-27-48(39)58(54(42)53)37-20-8-3-9-21-37)57-47-26-14-12-24-41(47)44-33-43-40-23-11-13-25-46(40)56(51(43)34-52(44)57)36-18-6-2-7-19-36;1-4-16-35(17-5-1)55-47-25-13-10-22-39(47)43-31-44-41-24-12-15-27-49(41)58(53(44)33-51(43)55)38-28-29-50-42(30-38)46-32-45-40-23-11-14-26-48(40)56(36-18-6-2-7-19-36)52(45)34-54(46)57(50)37-20-8-3-9-21-37;1-3-11-21(12-4-1)26-19-23(20-27(30-26)22-13-5-2-6-14-22)31-28-17-9-7-15-24(28)25-16-8-10-18-29(25)31/h2*1-34H;1-20H. The number of hydrogen-bond donors (Lipinski definition) is 0. The molecule has 0 amide bonds. The number of hydrogen-bond acceptors (Lipinski definition) is 1. The molecule has 0 fully saturated rings. The highest BCUT2D eigenvalue weighted by Gasteiger charge is 2.28. The molecule has 22 aromatic carbocycles. The predicted molar refractivity (Wildman–Crippen MR) is 617 cm³/mol. The summed E-state index contributed by atoms with van der Waals surface area (Å²) in [4.78, 5) is 5.03. The van der Waals surface area contributed by atoms with Crippen LogP contribution in [0.25, 0.3) is 270 Å². The molecule has 0 spiro atoms. The molecule has 10 heteroatoms. The summed E-state index contributed by atoms with van der Waals surface area (Å²) in [5.41, 5.74) is 36.0. The molecule has 0 saturated heterocycles. The number of rotatable bonds is 11. The molecule has 0 atom stereocenters. The van der Waals surface area contributed by atoms with Crippen LogP contribution in [0.5, 0.6) is 0 Å². The number of fused-ring (bicyclic) bond motifs is 28. The van der Waals surface area contributed by atoms with Crippen LogP contribution in [0.4, 0.5) is 0 Å². The van der Waals surface area contributed by atoms with Gasteiger partial charge in [0.05, 0.1) is 116 Å². The van der Waals surface area contributed by atoms with Gasteiger partial charge in [-0.2, -0.15) is 0 Å². The third-order valence-electron chi connectivity index (χ3n) is 30.4. The third-order valence-corrected chi connectivity index (χ3v) is 30.4. The molecule has 0 aliphatic rings. The van der Waals surface area contributed by atoms with Gasteiger partial charge in [-0.25, -0.2) is 4.98 Å². The Morgan fingerprint density at radius 2 is 0.313 bits per heavy atom. The molecule has 0 N–H and O–H groups in total. The summed E-state index contributed by atoms with van der Waals surface area (Å²) in [5, 5.41) is 22.5. The molecule has 0 saturated carbocycles. The van der Waals surface area contributed by atoms with E-state index in [0.29, 0.717) is 0 Å². The minimum atomic E-state index is 0.971. The van der Waals surface area contributed by atoms with Crippen molar-refractivity contribution in [2.45, 2.75) is 0 Å². The molecule has 10 heterocycles. The Morgan fingerprint density at radius 3 is 0.626 bits per heavy atom. The van der Waals surface area contributed by atoms with E-state index < -0.39 is 0 Å². The molecule has 0 bridgehead atoms. The fourth-order valence-electron chi connectivity index (χ4n) is 24.2. The van der Waals surface area contributed by atoms with E-state index in [9.17, 15) is 0 Å². The normalized spacial score (nSPS) is 11.9. The van der Waals surface area contributed by atoms with Crippen LogP contribution >= 0.6 is 0 Å². The first-order valence-electron chi connectivity index (χ1n) is 50.4. The van der Waals surface area contributed by atoms with Gasteiger partial charge in [0.1, 0.15) is 0 Å². The lowest BCUT2D eigenvalue weighted by Gasteiger charge is -2.13. The second-order valence-corrected chi connectivity index (χ2v) is 38.4. The number of benzene rings is 22. The molecule has 0 radical (unpaired) electrons. The van der Waals surface area contributed by atoms with Gasteiger partial charge in [0.15, 0.2) is 0 Å². The minimum Gasteiger partial charge on any atom is -0.309 e. The van der Waals surface area contributed by atoms with Gasteiger partial charge < -0.3 is 41.1 Å². The Morgan fingerprint density at radius 1 is 0.109 bits per heavy atom. The summed E-state index contributed by atoms with van der Waals surface area (Å²) in [6, 6.07) is 193. The van der Waals surface area contributed by atoms with Crippen molar-refractivity contribution in [3.05, 3.63) is 534 Å². The van der Waals surface area contributed by atoms with Crippen LogP contribution < -0.4 is 0 Å². The van der Waals surface area contributed by atoms with E-state index in [1.807, 2.05) is 12.1 Å². The predicted octanol–water partition coefficient (Wildman–Crippen LogP) is 35.7. The first-order chi connectivity index (χ1) is 73.0. The van der Waals surface area contributed by atoms with Gasteiger partial charge >= 0.3 is 0 Å². The van der Waals surface area contributed by atoms with E-state index in [1.54, 1.807) is 0 Å². The van der Waals surface area contributed by atoms with Gasteiger partial charge in [0.2, 0.25) is 0 Å². The Bertz CT molecular complexity index is 10800. The monoisotopic (exact) mass is 1870 g/mol. The van der Waals surface area contributed by atoms with E-state index in [-0.39, 0.29) is 0 Å². The van der Waals surface area contributed by atoms with Gasteiger partial charge in [-0.3, -0.25) is 0 Å². The van der Waals surface area contributed by atoms with Gasteiger partial charge in [0, 0.05) is 154 Å². The maximum absolute atomic E-state index is 5.03. The maximum Gasteiger partial charge on any atom is 0.0730 e. The van der Waals surface area contributed by atoms with Crippen molar-refractivity contribution in [2.24, 2.45) is 0 Å². The molecular weight excluding hydrogens is 1790 g/mol. The Hall–Kier alpha value is -19.8. The number of para-hydroxylation sites is 14. The van der Waals surface area contributed by atoms with Gasteiger partial charge in [-0.05, 0) is 212 Å². The van der Waals surface area contributed by atoms with Crippen molar-refractivity contribution in [1.82, 2.24) is 46.1 Å². The highest BCUT2D eigenvalue weighted by atomic mass is 15.1. The summed E-state index contributed by atoms with van der Waals surface area (Å²) in [6.07, 6.45) is 0. The van der Waals surface area contributed by atoms with E-state index in [2.05, 4.69) is 563 Å². The van der Waals surface area contributed by atoms with Gasteiger partial charge in [-0.1, -0.05) is 322 Å². The van der Waals surface area contributed by atoms with Crippen molar-refractivity contribution < 1.29 is 0 Å². The van der Waals surface area contributed by atoms with E-state index in [0.717, 1.165) is 73.7 Å². The average molecular weight is 1870 g/mol. The number of nitrogens with zero attached hydrogens (tertiary/aromatic N) is 10. The molecular formula is C137H88N10. The number of pyridine rings is 1. The van der Waals surface area contributed by atoms with Crippen molar-refractivity contribution in [3.63, 3.8) is 0 Å². The van der Waals surface area contributed by atoms with Gasteiger partial charge in [-0.15, -0.1) is 0 Å². The topological polar surface area (TPSA) is 57.3 Å². The zero-order valence-corrected chi connectivity index (χ0v) is 79.8. The molecule has 32 aromatic rings. The van der Waals surface area contributed by atoms with Crippen molar-refractivity contribution >= 4 is 196 Å². The van der Waals surface area contributed by atoms with Crippen molar-refractivity contribution in [1.29, 1.82) is 0 Å². The van der Waals surface area contributed by atoms with E-state index >= 15 is 0 Å². The quantitative estimate of drug-likeness (QED) is 0.127. The zero-order valence-electron chi connectivity index (χ0n) is 79.8. The highest BCUT2D eigenvalue weighted by molar-refractivity contribution is 6.28. The SMILES string of the molecule is c1ccc(-c2cc(-n3c4ccccc4c4ccccc43)cc(-c3ccccc3)n2)cc1.c1ccc(-n2c3ccccc3c3cc4c5ccccc5n(-c5ccc6c(c5)c5c(ccc7c8ccccc8n(-c8ccccc8)c75)n6-c5ccccc5)c4cc32)cc1.c1ccc(-n2c3ccccc3c3cc4c5ccccc5n(-c5ccc6c(c5)c5cc7c8ccccc8n(-c8ccccc8)c7cc5n6-c5ccccc5)c4cc32)cc1. The maximum atomic E-state index is 5.03. The second kappa shape index (κ2) is 33.4. The highest BCUT2D eigenvalue weighted by Crippen LogP contribution is 2.49. The smallest absolute Gasteiger partial charge is 0.0730 e. The summed E-state index contributed by atoms with van der Waals surface area (Å²) in [6.45, 7) is 0. The zero-order chi connectivity index (χ0) is 96.4. The lowest BCUT2D eigenvalue weighted by atomic mass is 10.1. The molecule has 686 valence electrons. The van der Waals surface area contributed by atoms with E-state index in [1.165, 1.54) is 196 Å². The first-order valence-corrected chi connectivity index (χ1v) is 50.4. The fourth-order valence-corrected chi connectivity index (χ4v) is 24.2. The summed E-state index contributed by atoms with van der Waals surface area (Å²) >= 11 is 0. The average Bonchev–Trinajstić information content (AvgIpc) is 1.54. The molecule has 0 unspecified atom stereocenters. The molecule has 10 aromatic heterocycles. The first kappa shape index (κ1) is 83.0. The van der Waals surface area contributed by atoms with Crippen LogP contribution in [-0.2, 0) is 0 Å². The lowest BCUT2D eigenvalue weighted by molar-refractivity contribution is 1.16. The molecule has 0 aliphatic heterocycles. The lowest BCUT2D eigenvalue weighted by Crippen LogP contribution is -1.98. The summed E-state index contributed by atoms with van der Waals surface area (Å²) < 4.78 is 21.9. The third kappa shape index (κ3) is 13.0.